The summed E-state index contributed by atoms with van der Waals surface area (Å²) >= 11 is 1.75. The summed E-state index contributed by atoms with van der Waals surface area (Å²) in [5.74, 6) is 0. The number of sulfone groups is 1. The van der Waals surface area contributed by atoms with Gasteiger partial charge in [-0.3, -0.25) is 0 Å². The first-order chi connectivity index (χ1) is 31.9. The average Bonchev–Trinajstić information content (AvgIpc) is 3.36. The molecule has 0 unspecified atom stereocenters. The summed E-state index contributed by atoms with van der Waals surface area (Å²) in [6.07, 6.45) is 1.20. The second kappa shape index (κ2) is 21.3. The van der Waals surface area contributed by atoms with E-state index in [4.69, 9.17) is 9.56 Å². The number of benzene rings is 10. The molecule has 0 saturated carbocycles. The van der Waals surface area contributed by atoms with Crippen LogP contribution in [0.5, 0.6) is 0 Å². The van der Waals surface area contributed by atoms with E-state index in [0.29, 0.717) is 16.1 Å². The van der Waals surface area contributed by atoms with Crippen LogP contribution in [0.2, 0.25) is 0 Å². The van der Waals surface area contributed by atoms with Gasteiger partial charge in [-0.25, -0.2) is 8.42 Å². The van der Waals surface area contributed by atoms with Crippen LogP contribution in [-0.4, -0.2) is 18.5 Å². The van der Waals surface area contributed by atoms with Crippen molar-refractivity contribution in [2.24, 2.45) is 0 Å². The van der Waals surface area contributed by atoms with Crippen LogP contribution < -0.4 is 37.6 Å². The predicted octanol–water partition coefficient (Wildman–Crippen LogP) is 11.0. The summed E-state index contributed by atoms with van der Waals surface area (Å²) in [7, 11) is -4.96. The van der Waals surface area contributed by atoms with E-state index < -0.39 is 25.7 Å². The van der Waals surface area contributed by atoms with Gasteiger partial charge in [0.05, 0.1) is 4.90 Å². The zero-order chi connectivity index (χ0) is 45.2. The summed E-state index contributed by atoms with van der Waals surface area (Å²) in [4.78, 5) is 0.304. The summed E-state index contributed by atoms with van der Waals surface area (Å²) in [6, 6.07) is 85.9. The van der Waals surface area contributed by atoms with Crippen molar-refractivity contribution in [3.8, 4) is 22.3 Å². The predicted molar refractivity (Wildman–Crippen MR) is 276 cm³/mol. The van der Waals surface area contributed by atoms with Crippen LogP contribution >= 0.6 is 15.8 Å². The van der Waals surface area contributed by atoms with E-state index in [1.54, 1.807) is 49.9 Å². The molecule has 0 bridgehead atoms. The Kier molecular flexibility index (Phi) is 14.9. The maximum absolute atomic E-state index is 11.7. The number of rotatable bonds is 9. The molecule has 0 heterocycles. The van der Waals surface area contributed by atoms with Gasteiger partial charge in [-0.1, -0.05) is 231 Å². The van der Waals surface area contributed by atoms with Crippen LogP contribution in [-0.2, 0) is 29.4 Å². The van der Waals surface area contributed by atoms with Crippen LogP contribution in [0.1, 0.15) is 0 Å². The molecule has 10 rings (SSSR count). The quantitative estimate of drug-likeness (QED) is 0.0858. The van der Waals surface area contributed by atoms with Gasteiger partial charge in [-0.15, -0.1) is 0 Å². The fraction of sp³-hybridized carbons (Fsp3) is 0.0175. The van der Waals surface area contributed by atoms with Crippen molar-refractivity contribution in [2.75, 3.05) is 12.0 Å². The number of para-hydroxylation sites is 1. The summed E-state index contributed by atoms with van der Waals surface area (Å²) in [5, 5.41) is 13.3. The van der Waals surface area contributed by atoms with Gasteiger partial charge in [0.25, 0.3) is 0 Å². The maximum atomic E-state index is 11.7. The van der Waals surface area contributed by atoms with Crippen molar-refractivity contribution in [3.05, 3.63) is 243 Å². The molecule has 0 aliphatic heterocycles. The van der Waals surface area contributed by atoms with Crippen molar-refractivity contribution in [2.45, 2.75) is 4.90 Å². The van der Waals surface area contributed by atoms with Crippen molar-refractivity contribution in [1.29, 1.82) is 0 Å². The third kappa shape index (κ3) is 10.1. The molecule has 0 spiro atoms. The van der Waals surface area contributed by atoms with Gasteiger partial charge in [-0.05, 0) is 92.5 Å². The number of fused-ring (bicyclic) bond motifs is 2. The topological polar surface area (TPSA) is 80.4 Å². The van der Waals surface area contributed by atoms with Crippen molar-refractivity contribution in [3.63, 3.8) is 0 Å². The molecule has 0 aliphatic carbocycles. The molecule has 65 heavy (non-hydrogen) atoms. The van der Waals surface area contributed by atoms with Gasteiger partial charge in [0.2, 0.25) is 0 Å². The van der Waals surface area contributed by atoms with Crippen molar-refractivity contribution >= 4 is 84.7 Å². The number of nitrogens with two attached hydrogens (primary N) is 1. The smallest absolute Gasteiger partial charge is 0.000884 e. The minimum atomic E-state index is -3.25. The second-order valence-corrected chi connectivity index (χ2v) is 21.6. The second-order valence-electron chi connectivity index (χ2n) is 15.2. The van der Waals surface area contributed by atoms with Crippen molar-refractivity contribution in [1.82, 2.24) is 0 Å². The normalized spacial score (nSPS) is 11.2. The van der Waals surface area contributed by atoms with Crippen LogP contribution in [0.4, 0.5) is 5.69 Å². The Morgan fingerprint density at radius 3 is 1.09 bits per heavy atom. The van der Waals surface area contributed by atoms with E-state index in [1.807, 2.05) is 18.2 Å². The summed E-state index contributed by atoms with van der Waals surface area (Å²) in [5.41, 5.74) is 10.5. The molecule has 0 aliphatic rings. The Morgan fingerprint density at radius 2 is 0.708 bits per heavy atom. The minimum Gasteiger partial charge on any atom is -0.0622 e. The van der Waals surface area contributed by atoms with Gasteiger partial charge < -0.3 is 5.73 Å². The number of hydrogen-bond acceptors (Lipinski definition) is 4. The van der Waals surface area contributed by atoms with E-state index in [9.17, 15) is 8.42 Å². The molecule has 0 fully saturated rings. The molecule has 0 amide bonds. The van der Waals surface area contributed by atoms with Crippen LogP contribution in [0.3, 0.4) is 0 Å². The van der Waals surface area contributed by atoms with Crippen LogP contribution in [0, 0.1) is 0 Å². The fourth-order valence-electron chi connectivity index (χ4n) is 8.34. The zero-order valence-corrected chi connectivity index (χ0v) is 39.7. The Hall–Kier alpha value is -6.05. The van der Waals surface area contributed by atoms with E-state index in [-0.39, 0.29) is 0 Å². The molecule has 10 aromatic carbocycles. The Balaban J connectivity index is 0.000000254. The van der Waals surface area contributed by atoms with Crippen molar-refractivity contribution < 1.29 is 31.8 Å². The molecule has 0 saturated heterocycles. The third-order valence-corrected chi connectivity index (χ3v) is 17.3. The summed E-state index contributed by atoms with van der Waals surface area (Å²) in [6.45, 7) is 0. The molecule has 8 heteroatoms. The van der Waals surface area contributed by atoms with Gasteiger partial charge in [0, 0.05) is 23.1 Å². The van der Waals surface area contributed by atoms with E-state index in [0.717, 1.165) is 5.56 Å². The van der Waals surface area contributed by atoms with E-state index >= 15 is 0 Å². The molecule has 3 N–H and O–H groups in total. The number of hydrogen-bond donors (Lipinski definition) is 2. The first-order valence-electron chi connectivity index (χ1n) is 21.0. The molecule has 10 aromatic rings. The number of nitrogen functional groups attached to an aromatic ring is 1. The van der Waals surface area contributed by atoms with E-state index in [1.165, 1.54) is 70.8 Å². The van der Waals surface area contributed by atoms with Gasteiger partial charge >= 0.3 is 23.4 Å². The number of anilines is 1. The van der Waals surface area contributed by atoms with Crippen LogP contribution in [0.25, 0.3) is 43.8 Å². The Bertz CT molecular complexity index is 3040. The minimum absolute atomic E-state index is 0.304. The van der Waals surface area contributed by atoms with Gasteiger partial charge in [0.1, 0.15) is 0 Å². The zero-order valence-electron chi connectivity index (χ0n) is 35.6. The monoisotopic (exact) mass is 992 g/mol. The molecular weight excluding hydrogens is 947 g/mol. The SMILES string of the molecule is CS(=O)(=O)c1ccccc1-c1ccccc1N.[OH][Pd].c1ccc(P(c2ccccc2)c2ccc3ccccc3c2-c2c(P(c3ccccc3)c3ccccc3)ccc3ccccc23)cc1. The largest absolute Gasteiger partial charge is 0.0622 e. The van der Waals surface area contributed by atoms with E-state index in [2.05, 4.69) is 194 Å². The first kappa shape index (κ1) is 45.5. The molecule has 4 nitrogen and oxygen atoms in total. The maximum Gasteiger partial charge on any atom is -0.000884 e. The fourth-order valence-corrected chi connectivity index (χ4v) is 14.2. The Labute approximate surface area is 395 Å². The van der Waals surface area contributed by atoms with Crippen LogP contribution in [0.15, 0.2) is 248 Å². The Morgan fingerprint density at radius 1 is 0.385 bits per heavy atom. The van der Waals surface area contributed by atoms with Gasteiger partial charge in [-0.2, -0.15) is 0 Å². The average molecular weight is 993 g/mol. The molecule has 0 aromatic heterocycles. The third-order valence-electron chi connectivity index (χ3n) is 11.1. The van der Waals surface area contributed by atoms with Gasteiger partial charge in [0.15, 0.2) is 9.84 Å². The molecular formula is C57H46NO3P2PdS. The summed E-state index contributed by atoms with van der Waals surface area (Å²) < 4.78 is 30.2. The standard InChI is InChI=1S/C44H32P2.C13H13NO2S.H2O.Pd/c1-5-19-35(20-6-1)45(36-21-7-2-8-22-36)41-31-29-33-17-13-15-27-39(33)43(41)44-40-28-16-14-18-34(40)30-32-42(44)46(37-23-9-3-10-24-37)38-25-11-4-12-26-38;1-17(15,16)13-9-5-3-7-11(13)10-6-2-4-8-12(10)14;;/h1-32H;2-9H,14H2,1H3;1H2;/q;;;+1/p-1. The molecule has 0 atom stereocenters. The first-order valence-corrected chi connectivity index (χ1v) is 26.3. The molecule has 323 valence electrons. The molecule has 0 radical (unpaired) electrons.